The Bertz CT molecular complexity index is 165. The number of ether oxygens (including phenoxy) is 1. The molecule has 1 saturated heterocycles. The third-order valence-electron chi connectivity index (χ3n) is 3.96. The van der Waals surface area contributed by atoms with E-state index in [1.54, 1.807) is 0 Å². The molecule has 0 aromatic carbocycles. The van der Waals surface area contributed by atoms with Gasteiger partial charge in [-0.2, -0.15) is 0 Å². The van der Waals surface area contributed by atoms with Crippen LogP contribution in [-0.2, 0) is 4.74 Å². The maximum atomic E-state index is 5.71. The number of nitrogens with two attached hydrogens (primary N) is 1. The molecule has 0 amide bonds. The van der Waals surface area contributed by atoms with Crippen LogP contribution in [0.5, 0.6) is 0 Å². The van der Waals surface area contributed by atoms with E-state index in [0.717, 1.165) is 31.6 Å². The Kier molecular flexibility index (Phi) is 2.13. The lowest BCUT2D eigenvalue weighted by Gasteiger charge is -2.21. The van der Waals surface area contributed by atoms with Crippen molar-refractivity contribution in [3.05, 3.63) is 0 Å². The Morgan fingerprint density at radius 2 is 2.42 bits per heavy atom. The molecule has 12 heavy (non-hydrogen) atoms. The van der Waals surface area contributed by atoms with Gasteiger partial charge < -0.3 is 10.5 Å². The fourth-order valence-electron chi connectivity index (χ4n) is 2.93. The van der Waals surface area contributed by atoms with E-state index in [0.29, 0.717) is 5.41 Å². The highest BCUT2D eigenvalue weighted by molar-refractivity contribution is 5.06. The predicted octanol–water partition coefficient (Wildman–Crippen LogP) is 1.40. The van der Waals surface area contributed by atoms with Crippen LogP contribution in [-0.4, -0.2) is 19.8 Å². The van der Waals surface area contributed by atoms with Crippen LogP contribution in [0.4, 0.5) is 0 Å². The molecule has 0 aromatic heterocycles. The average molecular weight is 169 g/mol. The zero-order chi connectivity index (χ0) is 8.60. The zero-order valence-corrected chi connectivity index (χ0v) is 7.88. The topological polar surface area (TPSA) is 35.2 Å². The normalized spacial score (nSPS) is 46.5. The molecule has 3 atom stereocenters. The maximum Gasteiger partial charge on any atom is 0.0500 e. The van der Waals surface area contributed by atoms with Crippen molar-refractivity contribution < 1.29 is 4.74 Å². The lowest BCUT2D eigenvalue weighted by molar-refractivity contribution is 0.160. The van der Waals surface area contributed by atoms with Crippen LogP contribution < -0.4 is 5.73 Å². The van der Waals surface area contributed by atoms with E-state index in [4.69, 9.17) is 10.5 Å². The van der Waals surface area contributed by atoms with Gasteiger partial charge in [0, 0.05) is 6.61 Å². The van der Waals surface area contributed by atoms with Gasteiger partial charge in [0.1, 0.15) is 0 Å². The van der Waals surface area contributed by atoms with Gasteiger partial charge in [0.2, 0.25) is 0 Å². The SMILES string of the molecule is CCC1(C2CCOC2)CC1CN. The van der Waals surface area contributed by atoms with Gasteiger partial charge in [-0.05, 0) is 43.1 Å². The van der Waals surface area contributed by atoms with Gasteiger partial charge in [-0.25, -0.2) is 0 Å². The molecule has 3 unspecified atom stereocenters. The van der Waals surface area contributed by atoms with Crippen molar-refractivity contribution in [3.8, 4) is 0 Å². The average Bonchev–Trinajstić information content (AvgIpc) is 2.57. The molecule has 0 radical (unpaired) electrons. The number of hydrogen-bond donors (Lipinski definition) is 1. The molecule has 1 aliphatic heterocycles. The zero-order valence-electron chi connectivity index (χ0n) is 7.88. The van der Waals surface area contributed by atoms with Crippen molar-refractivity contribution in [2.24, 2.45) is 23.0 Å². The van der Waals surface area contributed by atoms with Crippen LogP contribution in [0, 0.1) is 17.3 Å². The smallest absolute Gasteiger partial charge is 0.0500 e. The van der Waals surface area contributed by atoms with E-state index in [9.17, 15) is 0 Å². The number of rotatable bonds is 3. The van der Waals surface area contributed by atoms with Crippen LogP contribution in [0.2, 0.25) is 0 Å². The van der Waals surface area contributed by atoms with Crippen molar-refractivity contribution in [3.63, 3.8) is 0 Å². The molecular formula is C10H19NO. The second kappa shape index (κ2) is 3.00. The first kappa shape index (κ1) is 8.52. The molecule has 0 spiro atoms. The summed E-state index contributed by atoms with van der Waals surface area (Å²) in [6, 6.07) is 0. The predicted molar refractivity (Wildman–Crippen MR) is 48.8 cm³/mol. The molecular weight excluding hydrogens is 150 g/mol. The molecule has 2 heteroatoms. The molecule has 2 rings (SSSR count). The highest BCUT2D eigenvalue weighted by atomic mass is 16.5. The van der Waals surface area contributed by atoms with Crippen molar-refractivity contribution >= 4 is 0 Å². The van der Waals surface area contributed by atoms with Crippen molar-refractivity contribution in [1.82, 2.24) is 0 Å². The molecule has 1 aliphatic carbocycles. The van der Waals surface area contributed by atoms with Crippen molar-refractivity contribution in [2.45, 2.75) is 26.2 Å². The summed E-state index contributed by atoms with van der Waals surface area (Å²) in [6.45, 7) is 5.15. The Balaban J connectivity index is 1.99. The van der Waals surface area contributed by atoms with Crippen LogP contribution in [0.15, 0.2) is 0 Å². The number of hydrogen-bond acceptors (Lipinski definition) is 2. The minimum absolute atomic E-state index is 0.589. The molecule has 2 aliphatic rings. The fraction of sp³-hybridized carbons (Fsp3) is 1.00. The van der Waals surface area contributed by atoms with Crippen LogP contribution in [0.25, 0.3) is 0 Å². The van der Waals surface area contributed by atoms with Gasteiger partial charge in [0.25, 0.3) is 0 Å². The van der Waals surface area contributed by atoms with Gasteiger partial charge in [-0.1, -0.05) is 6.92 Å². The van der Waals surface area contributed by atoms with Gasteiger partial charge in [0.05, 0.1) is 6.61 Å². The molecule has 0 aromatic rings. The highest BCUT2D eigenvalue weighted by Crippen LogP contribution is 2.61. The van der Waals surface area contributed by atoms with Gasteiger partial charge in [0.15, 0.2) is 0 Å². The van der Waals surface area contributed by atoms with E-state index >= 15 is 0 Å². The van der Waals surface area contributed by atoms with E-state index in [1.807, 2.05) is 0 Å². The summed E-state index contributed by atoms with van der Waals surface area (Å²) in [7, 11) is 0. The molecule has 2 nitrogen and oxygen atoms in total. The van der Waals surface area contributed by atoms with E-state index in [2.05, 4.69) is 6.92 Å². The second-order valence-corrected chi connectivity index (χ2v) is 4.28. The Morgan fingerprint density at radius 1 is 1.58 bits per heavy atom. The minimum atomic E-state index is 0.589. The van der Waals surface area contributed by atoms with E-state index in [-0.39, 0.29) is 0 Å². The van der Waals surface area contributed by atoms with Crippen LogP contribution in [0.1, 0.15) is 26.2 Å². The highest BCUT2D eigenvalue weighted by Gasteiger charge is 2.56. The van der Waals surface area contributed by atoms with Gasteiger partial charge >= 0.3 is 0 Å². The van der Waals surface area contributed by atoms with Crippen LogP contribution in [0.3, 0.4) is 0 Å². The summed E-state index contributed by atoms with van der Waals surface area (Å²) in [5.74, 6) is 1.62. The quantitative estimate of drug-likeness (QED) is 0.693. The molecule has 1 saturated carbocycles. The Morgan fingerprint density at radius 3 is 2.83 bits per heavy atom. The van der Waals surface area contributed by atoms with Crippen LogP contribution >= 0.6 is 0 Å². The monoisotopic (exact) mass is 169 g/mol. The third kappa shape index (κ3) is 1.09. The van der Waals surface area contributed by atoms with Crippen molar-refractivity contribution in [2.75, 3.05) is 19.8 Å². The molecule has 70 valence electrons. The lowest BCUT2D eigenvalue weighted by Crippen LogP contribution is -2.20. The summed E-state index contributed by atoms with van der Waals surface area (Å²) < 4.78 is 5.44. The largest absolute Gasteiger partial charge is 0.381 e. The lowest BCUT2D eigenvalue weighted by atomic mass is 9.84. The van der Waals surface area contributed by atoms with Crippen molar-refractivity contribution in [1.29, 1.82) is 0 Å². The summed E-state index contributed by atoms with van der Waals surface area (Å²) in [5.41, 5.74) is 6.30. The molecule has 0 bridgehead atoms. The summed E-state index contributed by atoms with van der Waals surface area (Å²) in [6.07, 6.45) is 3.92. The first-order chi connectivity index (χ1) is 5.83. The minimum Gasteiger partial charge on any atom is -0.381 e. The summed E-state index contributed by atoms with van der Waals surface area (Å²) >= 11 is 0. The molecule has 2 N–H and O–H groups in total. The molecule has 2 fully saturated rings. The second-order valence-electron chi connectivity index (χ2n) is 4.28. The van der Waals surface area contributed by atoms with E-state index < -0.39 is 0 Å². The van der Waals surface area contributed by atoms with Gasteiger partial charge in [-0.15, -0.1) is 0 Å². The first-order valence-corrected chi connectivity index (χ1v) is 5.11. The Labute approximate surface area is 74.5 Å². The standard InChI is InChI=1S/C10H19NO/c1-2-10(5-9(10)6-11)8-3-4-12-7-8/h8-9H,2-7,11H2,1H3. The first-order valence-electron chi connectivity index (χ1n) is 5.11. The summed E-state index contributed by atoms with van der Waals surface area (Å²) in [4.78, 5) is 0. The Hall–Kier alpha value is -0.0800. The van der Waals surface area contributed by atoms with Gasteiger partial charge in [-0.3, -0.25) is 0 Å². The summed E-state index contributed by atoms with van der Waals surface area (Å²) in [5, 5.41) is 0. The third-order valence-corrected chi connectivity index (χ3v) is 3.96. The van der Waals surface area contributed by atoms with E-state index in [1.165, 1.54) is 19.3 Å². The maximum absolute atomic E-state index is 5.71. The fourth-order valence-corrected chi connectivity index (χ4v) is 2.93. The molecule has 1 heterocycles.